The molecule has 0 aromatic heterocycles. The highest BCUT2D eigenvalue weighted by Gasteiger charge is 2.36. The van der Waals surface area contributed by atoms with Gasteiger partial charge in [0.25, 0.3) is 0 Å². The predicted octanol–water partition coefficient (Wildman–Crippen LogP) is 2.62. The van der Waals surface area contributed by atoms with Crippen LogP contribution in [0.4, 0.5) is 0 Å². The largest absolute Gasteiger partial charge is 0.497 e. The van der Waals surface area contributed by atoms with Gasteiger partial charge in [-0.15, -0.1) is 0 Å². The molecule has 1 aromatic carbocycles. The zero-order valence-electron chi connectivity index (χ0n) is 11.5. The topological polar surface area (TPSA) is 15.7 Å². The standard InChI is InChI=1S/C15H22N2O/c1-11-14-9-13(18-3)7-6-12(14)10-17-15(11)5-4-8-16(17)2/h6-7,9,11,15H,4-5,8,10H2,1-3H3/t11-,15+/m1/s1. The SMILES string of the molecule is COc1ccc2c(c1)[C@@H](C)[C@@H]1CCCN(C)N1C2. The molecule has 2 aliphatic heterocycles. The average molecular weight is 246 g/mol. The summed E-state index contributed by atoms with van der Waals surface area (Å²) < 4.78 is 5.36. The second kappa shape index (κ2) is 4.56. The minimum absolute atomic E-state index is 0.589. The molecule has 1 aromatic rings. The van der Waals surface area contributed by atoms with Crippen molar-refractivity contribution in [3.63, 3.8) is 0 Å². The van der Waals surface area contributed by atoms with Gasteiger partial charge in [-0.25, -0.2) is 10.0 Å². The first-order chi connectivity index (χ1) is 8.70. The molecule has 0 radical (unpaired) electrons. The third-order valence-corrected chi connectivity index (χ3v) is 4.56. The van der Waals surface area contributed by atoms with Crippen molar-refractivity contribution in [3.8, 4) is 5.75 Å². The van der Waals surface area contributed by atoms with E-state index in [-0.39, 0.29) is 0 Å². The van der Waals surface area contributed by atoms with E-state index >= 15 is 0 Å². The first-order valence-electron chi connectivity index (χ1n) is 6.85. The molecule has 3 rings (SSSR count). The van der Waals surface area contributed by atoms with Crippen molar-refractivity contribution < 1.29 is 4.74 Å². The van der Waals surface area contributed by atoms with E-state index in [2.05, 4.69) is 42.2 Å². The van der Waals surface area contributed by atoms with Gasteiger partial charge in [-0.3, -0.25) is 0 Å². The Labute approximate surface area is 109 Å². The van der Waals surface area contributed by atoms with Crippen LogP contribution in [-0.4, -0.2) is 36.8 Å². The minimum atomic E-state index is 0.589. The van der Waals surface area contributed by atoms with Crippen molar-refractivity contribution in [2.75, 3.05) is 20.7 Å². The van der Waals surface area contributed by atoms with Crippen molar-refractivity contribution in [1.29, 1.82) is 0 Å². The Morgan fingerprint density at radius 3 is 2.94 bits per heavy atom. The lowest BCUT2D eigenvalue weighted by Gasteiger charge is -2.48. The van der Waals surface area contributed by atoms with Crippen LogP contribution in [0.5, 0.6) is 5.75 Å². The maximum Gasteiger partial charge on any atom is 0.119 e. The lowest BCUT2D eigenvalue weighted by molar-refractivity contribution is -0.0917. The van der Waals surface area contributed by atoms with Crippen LogP contribution in [0.25, 0.3) is 0 Å². The van der Waals surface area contributed by atoms with Crippen LogP contribution in [0.3, 0.4) is 0 Å². The van der Waals surface area contributed by atoms with Gasteiger partial charge in [-0.05, 0) is 42.0 Å². The zero-order valence-corrected chi connectivity index (χ0v) is 11.5. The van der Waals surface area contributed by atoms with E-state index in [1.807, 2.05) is 0 Å². The Bertz CT molecular complexity index is 446. The zero-order chi connectivity index (χ0) is 12.7. The van der Waals surface area contributed by atoms with E-state index in [9.17, 15) is 0 Å². The summed E-state index contributed by atoms with van der Waals surface area (Å²) in [5.74, 6) is 1.57. The van der Waals surface area contributed by atoms with Crippen LogP contribution >= 0.6 is 0 Å². The number of rotatable bonds is 1. The van der Waals surface area contributed by atoms with E-state index < -0.39 is 0 Å². The van der Waals surface area contributed by atoms with E-state index in [0.29, 0.717) is 12.0 Å². The fourth-order valence-electron chi connectivity index (χ4n) is 3.46. The number of hydrogen-bond acceptors (Lipinski definition) is 3. The fourth-order valence-corrected chi connectivity index (χ4v) is 3.46. The molecule has 0 spiro atoms. The van der Waals surface area contributed by atoms with Crippen LogP contribution in [0.1, 0.15) is 36.8 Å². The molecular weight excluding hydrogens is 224 g/mol. The number of fused-ring (bicyclic) bond motifs is 2. The number of ether oxygens (including phenoxy) is 1. The number of hydrazine groups is 1. The normalized spacial score (nSPS) is 28.6. The molecule has 1 saturated heterocycles. The number of hydrogen-bond donors (Lipinski definition) is 0. The smallest absolute Gasteiger partial charge is 0.119 e. The van der Waals surface area contributed by atoms with Crippen LogP contribution in [0.15, 0.2) is 18.2 Å². The summed E-state index contributed by atoms with van der Waals surface area (Å²) in [5, 5.41) is 4.95. The van der Waals surface area contributed by atoms with Gasteiger partial charge in [0, 0.05) is 26.2 Å². The van der Waals surface area contributed by atoms with E-state index in [1.54, 1.807) is 7.11 Å². The molecule has 0 N–H and O–H groups in total. The third-order valence-electron chi connectivity index (χ3n) is 4.56. The summed E-state index contributed by atoms with van der Waals surface area (Å²) >= 11 is 0. The lowest BCUT2D eigenvalue weighted by Crippen LogP contribution is -2.54. The maximum atomic E-state index is 5.36. The summed E-state index contributed by atoms with van der Waals surface area (Å²) in [6, 6.07) is 7.19. The van der Waals surface area contributed by atoms with Crippen LogP contribution in [0, 0.1) is 0 Å². The molecule has 0 unspecified atom stereocenters. The van der Waals surface area contributed by atoms with Gasteiger partial charge >= 0.3 is 0 Å². The van der Waals surface area contributed by atoms with Gasteiger partial charge in [0.1, 0.15) is 5.75 Å². The van der Waals surface area contributed by atoms with Gasteiger partial charge in [0.2, 0.25) is 0 Å². The highest BCUT2D eigenvalue weighted by atomic mass is 16.5. The maximum absolute atomic E-state index is 5.36. The Kier molecular flexibility index (Phi) is 3.04. The van der Waals surface area contributed by atoms with Gasteiger partial charge in [-0.1, -0.05) is 13.0 Å². The first kappa shape index (κ1) is 12.0. The monoisotopic (exact) mass is 246 g/mol. The lowest BCUT2D eigenvalue weighted by atomic mass is 9.82. The number of nitrogens with zero attached hydrogens (tertiary/aromatic N) is 2. The van der Waals surface area contributed by atoms with Gasteiger partial charge < -0.3 is 4.74 Å². The molecule has 0 bridgehead atoms. The Morgan fingerprint density at radius 1 is 1.33 bits per heavy atom. The van der Waals surface area contributed by atoms with Gasteiger partial charge in [-0.2, -0.15) is 0 Å². The predicted molar refractivity (Wildman–Crippen MR) is 72.6 cm³/mol. The average Bonchev–Trinajstić information content (AvgIpc) is 2.40. The molecule has 18 heavy (non-hydrogen) atoms. The van der Waals surface area contributed by atoms with Gasteiger partial charge in [0.05, 0.1) is 7.11 Å². The molecule has 3 nitrogen and oxygen atoms in total. The van der Waals surface area contributed by atoms with Crippen molar-refractivity contribution in [2.24, 2.45) is 0 Å². The number of methoxy groups -OCH3 is 1. The molecule has 0 aliphatic carbocycles. The minimum Gasteiger partial charge on any atom is -0.497 e. The summed E-state index contributed by atoms with van der Waals surface area (Å²) in [4.78, 5) is 0. The second-order valence-electron chi connectivity index (χ2n) is 5.54. The summed E-state index contributed by atoms with van der Waals surface area (Å²) in [6.45, 7) is 4.59. The Morgan fingerprint density at radius 2 is 2.17 bits per heavy atom. The quantitative estimate of drug-likeness (QED) is 0.757. The highest BCUT2D eigenvalue weighted by Crippen LogP contribution is 2.39. The molecule has 0 amide bonds. The first-order valence-corrected chi connectivity index (χ1v) is 6.85. The van der Waals surface area contributed by atoms with Crippen LogP contribution in [-0.2, 0) is 6.54 Å². The highest BCUT2D eigenvalue weighted by molar-refractivity contribution is 5.40. The van der Waals surface area contributed by atoms with Crippen molar-refractivity contribution in [1.82, 2.24) is 10.0 Å². The molecule has 2 aliphatic rings. The summed E-state index contributed by atoms with van der Waals surface area (Å²) in [6.07, 6.45) is 2.61. The van der Waals surface area contributed by atoms with Crippen molar-refractivity contribution in [3.05, 3.63) is 29.3 Å². The molecular formula is C15H22N2O. The molecule has 98 valence electrons. The van der Waals surface area contributed by atoms with Crippen LogP contribution < -0.4 is 4.74 Å². The number of benzene rings is 1. The molecule has 2 atom stereocenters. The Balaban J connectivity index is 1.98. The second-order valence-corrected chi connectivity index (χ2v) is 5.54. The third kappa shape index (κ3) is 1.82. The summed E-state index contributed by atoms with van der Waals surface area (Å²) in [5.41, 5.74) is 2.93. The van der Waals surface area contributed by atoms with E-state index in [4.69, 9.17) is 4.74 Å². The molecule has 1 fully saturated rings. The van der Waals surface area contributed by atoms with Gasteiger partial charge in [0.15, 0.2) is 0 Å². The van der Waals surface area contributed by atoms with E-state index in [0.717, 1.165) is 12.3 Å². The van der Waals surface area contributed by atoms with Crippen molar-refractivity contribution in [2.45, 2.75) is 38.3 Å². The fraction of sp³-hybridized carbons (Fsp3) is 0.600. The van der Waals surface area contributed by atoms with Crippen molar-refractivity contribution >= 4 is 0 Å². The van der Waals surface area contributed by atoms with Crippen LogP contribution in [0.2, 0.25) is 0 Å². The molecule has 0 saturated carbocycles. The molecule has 2 heterocycles. The Hall–Kier alpha value is -1.06. The summed E-state index contributed by atoms with van der Waals surface area (Å²) in [7, 11) is 3.96. The van der Waals surface area contributed by atoms with E-state index in [1.165, 1.54) is 30.5 Å². The molecule has 3 heteroatoms.